The fourth-order valence-corrected chi connectivity index (χ4v) is 3.85. The van der Waals surface area contributed by atoms with Crippen molar-refractivity contribution in [3.05, 3.63) is 84.7 Å². The predicted molar refractivity (Wildman–Crippen MR) is 131 cm³/mol. The van der Waals surface area contributed by atoms with Gasteiger partial charge in [0.15, 0.2) is 5.65 Å². The van der Waals surface area contributed by atoms with Gasteiger partial charge in [0, 0.05) is 17.6 Å². The third-order valence-electron chi connectivity index (χ3n) is 5.46. The van der Waals surface area contributed by atoms with Crippen molar-refractivity contribution in [2.24, 2.45) is 0 Å². The molecule has 2 amide bonds. The van der Waals surface area contributed by atoms with Gasteiger partial charge in [-0.1, -0.05) is 24.3 Å². The number of H-pyrrole nitrogens is 1. The zero-order chi connectivity index (χ0) is 23.3. The predicted octanol–water partition coefficient (Wildman–Crippen LogP) is 6.45. The zero-order valence-electron chi connectivity index (χ0n) is 18.2. The third-order valence-corrected chi connectivity index (χ3v) is 5.46. The van der Waals surface area contributed by atoms with Crippen LogP contribution in [-0.2, 0) is 6.42 Å². The minimum Gasteiger partial charge on any atom is -0.456 e. The van der Waals surface area contributed by atoms with Crippen LogP contribution in [0.4, 0.5) is 20.6 Å². The Bertz CT molecular complexity index is 1450. The maximum atomic E-state index is 12.6. The molecule has 0 fully saturated rings. The van der Waals surface area contributed by atoms with E-state index in [-0.39, 0.29) is 12.7 Å². The van der Waals surface area contributed by atoms with Gasteiger partial charge in [0.05, 0.1) is 18.3 Å². The summed E-state index contributed by atoms with van der Waals surface area (Å²) >= 11 is 0. The summed E-state index contributed by atoms with van der Waals surface area (Å²) in [5, 5.41) is 15.3. The lowest BCUT2D eigenvalue weighted by molar-refractivity contribution is 0.262. The molecule has 0 aliphatic carbocycles. The number of nitrogens with one attached hydrogen (secondary N) is 3. The van der Waals surface area contributed by atoms with E-state index in [0.717, 1.165) is 21.7 Å². The highest BCUT2D eigenvalue weighted by Crippen LogP contribution is 2.28. The lowest BCUT2D eigenvalue weighted by Crippen LogP contribution is -2.19. The monoisotopic (exact) mass is 455 g/mol. The third kappa shape index (κ3) is 4.66. The normalized spacial score (nSPS) is 11.0. The Labute approximate surface area is 195 Å². The van der Waals surface area contributed by atoms with E-state index < -0.39 is 0 Å². The number of aromatic amines is 1. The summed E-state index contributed by atoms with van der Waals surface area (Å²) in [5.74, 6) is 1.26. The highest BCUT2D eigenvalue weighted by molar-refractivity contribution is 6.01. The van der Waals surface area contributed by atoms with Crippen molar-refractivity contribution >= 4 is 39.2 Å². The van der Waals surface area contributed by atoms with Crippen LogP contribution in [-0.4, -0.2) is 27.9 Å². The molecular formula is C26H22FN5O2. The molecule has 0 aliphatic rings. The quantitative estimate of drug-likeness (QED) is 0.263. The van der Waals surface area contributed by atoms with Crippen LogP contribution in [0.25, 0.3) is 21.8 Å². The molecule has 34 heavy (non-hydrogen) atoms. The number of halogens is 1. The first kappa shape index (κ1) is 21.4. The number of nitrogens with zero attached hydrogens (tertiary/aromatic N) is 2. The van der Waals surface area contributed by atoms with Gasteiger partial charge in [-0.2, -0.15) is 5.10 Å². The van der Waals surface area contributed by atoms with Gasteiger partial charge in [0.2, 0.25) is 0 Å². The summed E-state index contributed by atoms with van der Waals surface area (Å²) in [5.41, 5.74) is 3.06. The first-order valence-corrected chi connectivity index (χ1v) is 10.9. The summed E-state index contributed by atoms with van der Waals surface area (Å²) in [6, 6.07) is 20.2. The summed E-state index contributed by atoms with van der Waals surface area (Å²) in [7, 11) is 0. The summed E-state index contributed by atoms with van der Waals surface area (Å²) in [6.45, 7) is -0.332. The minimum absolute atomic E-state index is 0.332. The number of alkyl halides is 1. The van der Waals surface area contributed by atoms with Gasteiger partial charge in [-0.3, -0.25) is 9.49 Å². The fraction of sp³-hybridized carbons (Fsp3) is 0.115. The van der Waals surface area contributed by atoms with E-state index in [9.17, 15) is 9.18 Å². The van der Waals surface area contributed by atoms with Crippen molar-refractivity contribution in [3.63, 3.8) is 0 Å². The topological polar surface area (TPSA) is 91.9 Å². The molecule has 5 aromatic rings. The molecule has 0 aliphatic heterocycles. The molecule has 170 valence electrons. The van der Waals surface area contributed by atoms with Crippen LogP contribution in [0.1, 0.15) is 12.0 Å². The molecule has 0 bridgehead atoms. The second-order valence-corrected chi connectivity index (χ2v) is 7.79. The maximum absolute atomic E-state index is 12.6. The number of pyridine rings is 1. The summed E-state index contributed by atoms with van der Waals surface area (Å²) in [6.07, 6.45) is 4.50. The van der Waals surface area contributed by atoms with E-state index >= 15 is 0 Å². The molecule has 5 rings (SSSR count). The van der Waals surface area contributed by atoms with Crippen molar-refractivity contribution in [1.82, 2.24) is 15.2 Å². The van der Waals surface area contributed by atoms with Crippen LogP contribution in [0.15, 0.2) is 79.1 Å². The molecule has 3 N–H and O–H groups in total. The highest BCUT2D eigenvalue weighted by atomic mass is 19.1. The zero-order valence-corrected chi connectivity index (χ0v) is 18.2. The average molecular weight is 455 g/mol. The average Bonchev–Trinajstić information content (AvgIpc) is 3.34. The molecule has 2 aromatic heterocycles. The molecule has 0 saturated carbocycles. The van der Waals surface area contributed by atoms with E-state index in [2.05, 4.69) is 25.8 Å². The van der Waals surface area contributed by atoms with Gasteiger partial charge in [-0.05, 0) is 71.6 Å². The number of urea groups is 1. The number of amides is 2. The number of aryl methyl sites for hydroxylation is 1. The number of benzene rings is 3. The SMILES string of the molecule is O=C(Nc1ccc(Oc2ccnc3[nH]ncc23)cc1)Nc1ccc2c(CCCF)cccc2c1. The second-order valence-electron chi connectivity index (χ2n) is 7.79. The van der Waals surface area contributed by atoms with Crippen LogP contribution in [0, 0.1) is 0 Å². The number of ether oxygens (including phenoxy) is 1. The second kappa shape index (κ2) is 9.58. The van der Waals surface area contributed by atoms with E-state index in [1.54, 1.807) is 42.7 Å². The van der Waals surface area contributed by atoms with Crippen molar-refractivity contribution < 1.29 is 13.9 Å². The van der Waals surface area contributed by atoms with Crippen molar-refractivity contribution in [2.45, 2.75) is 12.8 Å². The molecule has 0 spiro atoms. The smallest absolute Gasteiger partial charge is 0.323 e. The Hall–Kier alpha value is -4.46. The van der Waals surface area contributed by atoms with Gasteiger partial charge >= 0.3 is 6.03 Å². The molecule has 3 aromatic carbocycles. The summed E-state index contributed by atoms with van der Waals surface area (Å²) in [4.78, 5) is 16.7. The van der Waals surface area contributed by atoms with Crippen LogP contribution in [0.2, 0.25) is 0 Å². The van der Waals surface area contributed by atoms with Gasteiger partial charge in [0.25, 0.3) is 0 Å². The number of anilines is 2. The van der Waals surface area contributed by atoms with Gasteiger partial charge in [0.1, 0.15) is 11.5 Å². The Morgan fingerprint density at radius 1 is 0.971 bits per heavy atom. The molecule has 0 saturated heterocycles. The number of carbonyl (C=O) groups is 1. The number of rotatable bonds is 7. The van der Waals surface area contributed by atoms with E-state index in [1.807, 2.05) is 36.4 Å². The Balaban J connectivity index is 1.23. The molecule has 0 unspecified atom stereocenters. The van der Waals surface area contributed by atoms with Crippen LogP contribution in [0.3, 0.4) is 0 Å². The molecule has 0 atom stereocenters. The van der Waals surface area contributed by atoms with Crippen LogP contribution in [0.5, 0.6) is 11.5 Å². The first-order valence-electron chi connectivity index (χ1n) is 10.9. The first-order chi connectivity index (χ1) is 16.7. The molecule has 8 heteroatoms. The Kier molecular flexibility index (Phi) is 6.03. The highest BCUT2D eigenvalue weighted by Gasteiger charge is 2.08. The molecule has 0 radical (unpaired) electrons. The van der Waals surface area contributed by atoms with Crippen LogP contribution < -0.4 is 15.4 Å². The van der Waals surface area contributed by atoms with E-state index in [4.69, 9.17) is 4.74 Å². The standard InChI is InChI=1S/C26H22FN5O2/c27-13-2-5-17-3-1-4-18-15-20(8-11-22(17)18)31-26(33)30-19-6-9-21(10-7-19)34-24-12-14-28-25-23(24)16-29-32-25/h1,3-4,6-12,14-16H,2,5,13H2,(H,28,29,32)(H2,30,31,33). The Morgan fingerprint density at radius 2 is 1.79 bits per heavy atom. The number of aromatic nitrogens is 3. The molecular weight excluding hydrogens is 433 g/mol. The van der Waals surface area contributed by atoms with Crippen molar-refractivity contribution in [2.75, 3.05) is 17.3 Å². The molecule has 7 nitrogen and oxygen atoms in total. The number of fused-ring (bicyclic) bond motifs is 2. The van der Waals surface area contributed by atoms with E-state index in [1.165, 1.54) is 0 Å². The fourth-order valence-electron chi connectivity index (χ4n) is 3.85. The largest absolute Gasteiger partial charge is 0.456 e. The number of carbonyl (C=O) groups excluding carboxylic acids is 1. The van der Waals surface area contributed by atoms with E-state index in [0.29, 0.717) is 41.4 Å². The van der Waals surface area contributed by atoms with Crippen molar-refractivity contribution in [3.8, 4) is 11.5 Å². The van der Waals surface area contributed by atoms with Gasteiger partial charge in [-0.15, -0.1) is 0 Å². The Morgan fingerprint density at radius 3 is 2.65 bits per heavy atom. The molecule has 2 heterocycles. The van der Waals surface area contributed by atoms with Gasteiger partial charge < -0.3 is 15.4 Å². The minimum atomic E-state index is -0.351. The summed E-state index contributed by atoms with van der Waals surface area (Å²) < 4.78 is 18.5. The maximum Gasteiger partial charge on any atom is 0.323 e. The number of hydrogen-bond acceptors (Lipinski definition) is 4. The van der Waals surface area contributed by atoms with Crippen LogP contribution >= 0.6 is 0 Å². The lowest BCUT2D eigenvalue weighted by Gasteiger charge is -2.11. The number of hydrogen-bond donors (Lipinski definition) is 3. The van der Waals surface area contributed by atoms with Crippen molar-refractivity contribution in [1.29, 1.82) is 0 Å². The lowest BCUT2D eigenvalue weighted by atomic mass is 10.0. The van der Waals surface area contributed by atoms with Gasteiger partial charge in [-0.25, -0.2) is 9.78 Å².